The highest BCUT2D eigenvalue weighted by Gasteiger charge is 2.25. The fourth-order valence-electron chi connectivity index (χ4n) is 3.39. The standard InChI is InChI=1S/C25H18O5/c1-15-23(28)21-18(17-10-6-3-7-11-17)14-20(27)30-25(21)22(24(15)29)19(26)13-12-16-8-4-2-5-9-16/h2-14,28-29H,1H3/b13-12+. The summed E-state index contributed by atoms with van der Waals surface area (Å²) in [6.45, 7) is 1.50. The lowest BCUT2D eigenvalue weighted by Crippen LogP contribution is -2.05. The molecule has 0 saturated carbocycles. The molecule has 0 saturated heterocycles. The molecule has 0 radical (unpaired) electrons. The van der Waals surface area contributed by atoms with E-state index < -0.39 is 17.2 Å². The van der Waals surface area contributed by atoms with Crippen LogP contribution in [0.15, 0.2) is 82.0 Å². The number of allylic oxidation sites excluding steroid dienone is 1. The lowest BCUT2D eigenvalue weighted by atomic mass is 9.94. The minimum atomic E-state index is -0.690. The van der Waals surface area contributed by atoms with Crippen LogP contribution in [-0.2, 0) is 0 Å². The summed E-state index contributed by atoms with van der Waals surface area (Å²) in [7, 11) is 0. The summed E-state index contributed by atoms with van der Waals surface area (Å²) in [6.07, 6.45) is 2.91. The highest BCUT2D eigenvalue weighted by atomic mass is 16.4. The van der Waals surface area contributed by atoms with Gasteiger partial charge in [0, 0.05) is 17.2 Å². The van der Waals surface area contributed by atoms with E-state index in [1.165, 1.54) is 19.1 Å². The zero-order valence-corrected chi connectivity index (χ0v) is 16.1. The third kappa shape index (κ3) is 3.37. The number of aromatic hydroxyl groups is 2. The van der Waals surface area contributed by atoms with Crippen molar-refractivity contribution in [3.63, 3.8) is 0 Å². The molecule has 0 aliphatic heterocycles. The van der Waals surface area contributed by atoms with Gasteiger partial charge in [0.25, 0.3) is 0 Å². The van der Waals surface area contributed by atoms with Crippen molar-refractivity contribution >= 4 is 22.8 Å². The number of phenolic OH excluding ortho intramolecular Hbond substituents is 2. The Bertz CT molecular complexity index is 1330. The first kappa shape index (κ1) is 19.2. The number of hydrogen-bond acceptors (Lipinski definition) is 5. The highest BCUT2D eigenvalue weighted by Crippen LogP contribution is 2.43. The van der Waals surface area contributed by atoms with Crippen LogP contribution in [0.3, 0.4) is 0 Å². The van der Waals surface area contributed by atoms with Crippen molar-refractivity contribution in [3.05, 3.63) is 99.9 Å². The van der Waals surface area contributed by atoms with Gasteiger partial charge in [-0.05, 0) is 24.1 Å². The van der Waals surface area contributed by atoms with E-state index in [0.717, 1.165) is 5.56 Å². The molecule has 0 fully saturated rings. The van der Waals surface area contributed by atoms with E-state index in [2.05, 4.69) is 0 Å². The van der Waals surface area contributed by atoms with E-state index in [0.29, 0.717) is 11.1 Å². The molecular formula is C25H18O5. The average Bonchev–Trinajstić information content (AvgIpc) is 2.77. The van der Waals surface area contributed by atoms with Gasteiger partial charge >= 0.3 is 5.63 Å². The quantitative estimate of drug-likeness (QED) is 0.284. The first-order valence-electron chi connectivity index (χ1n) is 9.32. The summed E-state index contributed by atoms with van der Waals surface area (Å²) in [4.78, 5) is 25.3. The topological polar surface area (TPSA) is 87.7 Å². The molecular weight excluding hydrogens is 380 g/mol. The molecule has 0 bridgehead atoms. The Labute approximate surface area is 172 Å². The summed E-state index contributed by atoms with van der Waals surface area (Å²) < 4.78 is 5.31. The van der Waals surface area contributed by atoms with Crippen molar-refractivity contribution in [1.29, 1.82) is 0 Å². The van der Waals surface area contributed by atoms with Crippen LogP contribution in [0.25, 0.3) is 28.2 Å². The maximum Gasteiger partial charge on any atom is 0.336 e. The third-order valence-electron chi connectivity index (χ3n) is 4.93. The Balaban J connectivity index is 1.99. The second-order valence-electron chi connectivity index (χ2n) is 6.85. The van der Waals surface area contributed by atoms with Gasteiger partial charge in [0.15, 0.2) is 11.4 Å². The normalized spacial score (nSPS) is 11.2. The molecule has 5 heteroatoms. The Kier molecular flexibility index (Phi) is 4.94. The zero-order valence-electron chi connectivity index (χ0n) is 16.1. The summed E-state index contributed by atoms with van der Waals surface area (Å²) in [6, 6.07) is 19.5. The van der Waals surface area contributed by atoms with Gasteiger partial charge in [-0.1, -0.05) is 66.7 Å². The number of ketones is 1. The molecule has 0 aliphatic rings. The minimum absolute atomic E-state index is 0.130. The first-order valence-corrected chi connectivity index (χ1v) is 9.32. The fourth-order valence-corrected chi connectivity index (χ4v) is 3.39. The molecule has 4 aromatic rings. The lowest BCUT2D eigenvalue weighted by Gasteiger charge is -2.14. The van der Waals surface area contributed by atoms with Crippen LogP contribution in [0, 0.1) is 6.92 Å². The third-order valence-corrected chi connectivity index (χ3v) is 4.93. The molecule has 148 valence electrons. The molecule has 0 spiro atoms. The van der Waals surface area contributed by atoms with Crippen LogP contribution < -0.4 is 5.63 Å². The van der Waals surface area contributed by atoms with E-state index in [1.807, 2.05) is 36.4 Å². The van der Waals surface area contributed by atoms with Crippen molar-refractivity contribution in [2.45, 2.75) is 6.92 Å². The number of hydrogen-bond donors (Lipinski definition) is 2. The summed E-state index contributed by atoms with van der Waals surface area (Å²) >= 11 is 0. The molecule has 2 N–H and O–H groups in total. The van der Waals surface area contributed by atoms with Gasteiger partial charge in [-0.15, -0.1) is 0 Å². The van der Waals surface area contributed by atoms with Crippen molar-refractivity contribution in [3.8, 4) is 22.6 Å². The van der Waals surface area contributed by atoms with Gasteiger partial charge in [-0.2, -0.15) is 0 Å². The summed E-state index contributed by atoms with van der Waals surface area (Å²) in [5, 5.41) is 21.6. The zero-order chi connectivity index (χ0) is 21.3. The molecule has 0 aliphatic carbocycles. The fraction of sp³-hybridized carbons (Fsp3) is 0.0400. The SMILES string of the molecule is Cc1c(O)c(C(=O)/C=C/c2ccccc2)c2oc(=O)cc(-c3ccccc3)c2c1O. The van der Waals surface area contributed by atoms with E-state index >= 15 is 0 Å². The Hall–Kier alpha value is -4.12. The number of fused-ring (bicyclic) bond motifs is 1. The van der Waals surface area contributed by atoms with Crippen LogP contribution in [0.5, 0.6) is 11.5 Å². The molecule has 5 nitrogen and oxygen atoms in total. The van der Waals surface area contributed by atoms with Crippen LogP contribution in [0.2, 0.25) is 0 Å². The number of phenols is 2. The number of carbonyl (C=O) groups excluding carboxylic acids is 1. The van der Waals surface area contributed by atoms with Crippen LogP contribution in [0.1, 0.15) is 21.5 Å². The van der Waals surface area contributed by atoms with E-state index in [-0.39, 0.29) is 27.8 Å². The summed E-state index contributed by atoms with van der Waals surface area (Å²) in [5.74, 6) is -1.21. The Morgan fingerprint density at radius 1 is 0.933 bits per heavy atom. The Morgan fingerprint density at radius 2 is 1.57 bits per heavy atom. The maximum atomic E-state index is 13.0. The van der Waals surface area contributed by atoms with Crippen molar-refractivity contribution in [1.82, 2.24) is 0 Å². The largest absolute Gasteiger partial charge is 0.507 e. The van der Waals surface area contributed by atoms with Gasteiger partial charge < -0.3 is 14.6 Å². The monoisotopic (exact) mass is 398 g/mol. The van der Waals surface area contributed by atoms with E-state index in [4.69, 9.17) is 4.42 Å². The van der Waals surface area contributed by atoms with E-state index in [9.17, 15) is 19.8 Å². The van der Waals surface area contributed by atoms with Crippen LogP contribution >= 0.6 is 0 Å². The maximum absolute atomic E-state index is 13.0. The summed E-state index contributed by atoms with van der Waals surface area (Å²) in [5.41, 5.74) is 1.02. The van der Waals surface area contributed by atoms with Crippen molar-refractivity contribution in [2.24, 2.45) is 0 Å². The van der Waals surface area contributed by atoms with Gasteiger partial charge in [0.2, 0.25) is 0 Å². The van der Waals surface area contributed by atoms with Crippen LogP contribution in [-0.4, -0.2) is 16.0 Å². The number of carbonyl (C=O) groups is 1. The number of rotatable bonds is 4. The predicted octanol–water partition coefficient (Wildman–Crippen LogP) is 5.08. The molecule has 0 amide bonds. The molecule has 1 aromatic heterocycles. The molecule has 0 unspecified atom stereocenters. The van der Waals surface area contributed by atoms with Crippen molar-refractivity contribution in [2.75, 3.05) is 0 Å². The molecule has 4 rings (SSSR count). The smallest absolute Gasteiger partial charge is 0.336 e. The molecule has 0 atom stereocenters. The molecule has 30 heavy (non-hydrogen) atoms. The lowest BCUT2D eigenvalue weighted by molar-refractivity contribution is 0.104. The van der Waals surface area contributed by atoms with Crippen molar-refractivity contribution < 1.29 is 19.4 Å². The second-order valence-corrected chi connectivity index (χ2v) is 6.85. The highest BCUT2D eigenvalue weighted by molar-refractivity contribution is 6.18. The average molecular weight is 398 g/mol. The van der Waals surface area contributed by atoms with Gasteiger partial charge in [0.1, 0.15) is 17.1 Å². The van der Waals surface area contributed by atoms with Gasteiger partial charge in [-0.25, -0.2) is 4.79 Å². The predicted molar refractivity (Wildman–Crippen MR) is 116 cm³/mol. The second kappa shape index (κ2) is 7.72. The van der Waals surface area contributed by atoms with E-state index in [1.54, 1.807) is 30.3 Å². The van der Waals surface area contributed by atoms with Gasteiger partial charge in [-0.3, -0.25) is 4.79 Å². The molecule has 3 aromatic carbocycles. The number of benzene rings is 3. The Morgan fingerprint density at radius 3 is 2.23 bits per heavy atom. The van der Waals surface area contributed by atoms with Gasteiger partial charge in [0.05, 0.1) is 5.39 Å². The first-order chi connectivity index (χ1) is 14.5. The minimum Gasteiger partial charge on any atom is -0.507 e. The molecule has 1 heterocycles. The van der Waals surface area contributed by atoms with Crippen LogP contribution in [0.4, 0.5) is 0 Å².